The predicted octanol–water partition coefficient (Wildman–Crippen LogP) is 4.86. The number of nitrogens with one attached hydrogen (secondary N) is 1. The van der Waals surface area contributed by atoms with Crippen molar-refractivity contribution in [1.82, 2.24) is 0 Å². The van der Waals surface area contributed by atoms with E-state index in [2.05, 4.69) is 37.2 Å². The SMILES string of the molecule is N#CC(C#N)=CNc1c(Cl)cc(Br)c(Cl)c1Br. The van der Waals surface area contributed by atoms with Gasteiger partial charge in [0.2, 0.25) is 0 Å². The average molecular weight is 396 g/mol. The highest BCUT2D eigenvalue weighted by Gasteiger charge is 2.12. The molecule has 0 aromatic heterocycles. The van der Waals surface area contributed by atoms with Gasteiger partial charge in [-0.05, 0) is 37.9 Å². The molecular weight excluding hydrogens is 393 g/mol. The van der Waals surface area contributed by atoms with E-state index in [0.29, 0.717) is 24.7 Å². The molecule has 0 fully saturated rings. The predicted molar refractivity (Wildman–Crippen MR) is 74.8 cm³/mol. The minimum Gasteiger partial charge on any atom is -0.358 e. The Morgan fingerprint density at radius 2 is 1.88 bits per heavy atom. The van der Waals surface area contributed by atoms with Gasteiger partial charge in [0.1, 0.15) is 17.7 Å². The van der Waals surface area contributed by atoms with E-state index >= 15 is 0 Å². The molecule has 1 rings (SSSR count). The van der Waals surface area contributed by atoms with Crippen molar-refractivity contribution in [2.75, 3.05) is 5.32 Å². The maximum absolute atomic E-state index is 8.58. The van der Waals surface area contributed by atoms with Crippen LogP contribution in [-0.2, 0) is 0 Å². The lowest BCUT2D eigenvalue weighted by Crippen LogP contribution is -1.93. The zero-order valence-electron chi connectivity index (χ0n) is 8.06. The van der Waals surface area contributed by atoms with Crippen LogP contribution in [0.15, 0.2) is 26.8 Å². The van der Waals surface area contributed by atoms with Gasteiger partial charge in [0.15, 0.2) is 0 Å². The van der Waals surface area contributed by atoms with Gasteiger partial charge >= 0.3 is 0 Å². The van der Waals surface area contributed by atoms with E-state index in [9.17, 15) is 0 Å². The maximum atomic E-state index is 8.58. The molecule has 1 aromatic carbocycles. The number of halogens is 4. The topological polar surface area (TPSA) is 59.6 Å². The molecule has 7 heteroatoms. The van der Waals surface area contributed by atoms with E-state index in [4.69, 9.17) is 33.7 Å². The quantitative estimate of drug-likeness (QED) is 0.442. The molecule has 0 spiro atoms. The van der Waals surface area contributed by atoms with Crippen LogP contribution in [0.3, 0.4) is 0 Å². The van der Waals surface area contributed by atoms with Crippen molar-refractivity contribution < 1.29 is 0 Å². The fourth-order valence-electron chi connectivity index (χ4n) is 0.932. The fourth-order valence-corrected chi connectivity index (χ4v) is 2.82. The van der Waals surface area contributed by atoms with Gasteiger partial charge in [0, 0.05) is 10.7 Å². The van der Waals surface area contributed by atoms with Crippen molar-refractivity contribution in [2.24, 2.45) is 0 Å². The van der Waals surface area contributed by atoms with Gasteiger partial charge in [-0.2, -0.15) is 10.5 Å². The highest BCUT2D eigenvalue weighted by Crippen LogP contribution is 2.41. The third-order valence-corrected chi connectivity index (χ3v) is 4.28. The minimum atomic E-state index is -0.0630. The van der Waals surface area contributed by atoms with Crippen molar-refractivity contribution in [3.8, 4) is 12.1 Å². The number of hydrogen-bond acceptors (Lipinski definition) is 3. The molecule has 0 unspecified atom stereocenters. The summed E-state index contributed by atoms with van der Waals surface area (Å²) in [6.07, 6.45) is 1.26. The Balaban J connectivity index is 3.18. The summed E-state index contributed by atoms with van der Waals surface area (Å²) in [5.74, 6) is 0. The summed E-state index contributed by atoms with van der Waals surface area (Å²) in [5.41, 5.74) is 0.426. The van der Waals surface area contributed by atoms with Crippen molar-refractivity contribution in [3.63, 3.8) is 0 Å². The van der Waals surface area contributed by atoms with E-state index in [0.717, 1.165) is 0 Å². The normalized spacial score (nSPS) is 9.06. The number of anilines is 1. The van der Waals surface area contributed by atoms with Gasteiger partial charge < -0.3 is 5.32 Å². The second-order valence-electron chi connectivity index (χ2n) is 2.77. The van der Waals surface area contributed by atoms with E-state index in [1.54, 1.807) is 18.2 Å². The summed E-state index contributed by atoms with van der Waals surface area (Å²) < 4.78 is 1.19. The second kappa shape index (κ2) is 6.28. The maximum Gasteiger partial charge on any atom is 0.145 e. The number of allylic oxidation sites excluding steroid dienone is 1. The van der Waals surface area contributed by atoms with Gasteiger partial charge in [-0.25, -0.2) is 0 Å². The summed E-state index contributed by atoms with van der Waals surface area (Å²) in [7, 11) is 0. The zero-order chi connectivity index (χ0) is 13.0. The van der Waals surface area contributed by atoms with Crippen molar-refractivity contribution in [3.05, 3.63) is 36.8 Å². The van der Waals surface area contributed by atoms with Crippen LogP contribution in [0.1, 0.15) is 0 Å². The molecule has 0 saturated carbocycles. The third-order valence-electron chi connectivity index (χ3n) is 1.72. The van der Waals surface area contributed by atoms with Gasteiger partial charge in [-0.15, -0.1) is 0 Å². The molecule has 1 N–H and O–H groups in total. The van der Waals surface area contributed by atoms with E-state index in [-0.39, 0.29) is 5.57 Å². The Hall–Kier alpha value is -0.720. The van der Waals surface area contributed by atoms with Crippen LogP contribution in [0.25, 0.3) is 0 Å². The molecule has 1 aromatic rings. The molecule has 0 saturated heterocycles. The first-order valence-corrected chi connectivity index (χ1v) is 6.45. The van der Waals surface area contributed by atoms with E-state index in [1.165, 1.54) is 6.20 Å². The third kappa shape index (κ3) is 3.37. The first kappa shape index (κ1) is 14.3. The van der Waals surface area contributed by atoms with E-state index < -0.39 is 0 Å². The average Bonchev–Trinajstić information content (AvgIpc) is 2.31. The van der Waals surface area contributed by atoms with Crippen LogP contribution in [0.5, 0.6) is 0 Å². The lowest BCUT2D eigenvalue weighted by molar-refractivity contribution is 1.44. The van der Waals surface area contributed by atoms with Gasteiger partial charge in [-0.3, -0.25) is 0 Å². The minimum absolute atomic E-state index is 0.0630. The van der Waals surface area contributed by atoms with Crippen LogP contribution in [0.2, 0.25) is 10.0 Å². The molecule has 86 valence electrons. The molecule has 0 radical (unpaired) electrons. The second-order valence-corrected chi connectivity index (χ2v) is 5.20. The molecule has 0 atom stereocenters. The molecule has 0 bridgehead atoms. The molecule has 3 nitrogen and oxygen atoms in total. The number of hydrogen-bond donors (Lipinski definition) is 1. The zero-order valence-corrected chi connectivity index (χ0v) is 12.7. The lowest BCUT2D eigenvalue weighted by atomic mass is 10.3. The summed E-state index contributed by atoms with van der Waals surface area (Å²) in [5, 5.41) is 20.8. The van der Waals surface area contributed by atoms with Crippen LogP contribution in [0.4, 0.5) is 5.69 Å². The highest BCUT2D eigenvalue weighted by atomic mass is 79.9. The standard InChI is InChI=1S/C10H3Br2Cl2N3/c11-6-1-7(13)10(8(12)9(6)14)17-4-5(2-15)3-16/h1,4,17H. The molecule has 0 amide bonds. The first-order chi connectivity index (χ1) is 8.01. The molecule has 0 aliphatic heterocycles. The number of nitrogens with zero attached hydrogens (tertiary/aromatic N) is 2. The van der Waals surface area contributed by atoms with Gasteiger partial charge in [0.05, 0.1) is 20.2 Å². The molecule has 0 aliphatic rings. The Morgan fingerprint density at radius 1 is 1.29 bits per heavy atom. The number of rotatable bonds is 2. The molecular formula is C10H3Br2Cl2N3. The lowest BCUT2D eigenvalue weighted by Gasteiger charge is -2.09. The molecule has 17 heavy (non-hydrogen) atoms. The number of nitriles is 2. The fraction of sp³-hybridized carbons (Fsp3) is 0. The smallest absolute Gasteiger partial charge is 0.145 e. The van der Waals surface area contributed by atoms with Crippen LogP contribution < -0.4 is 5.32 Å². The summed E-state index contributed by atoms with van der Waals surface area (Å²) in [6, 6.07) is 5.06. The largest absolute Gasteiger partial charge is 0.358 e. The van der Waals surface area contributed by atoms with Crippen molar-refractivity contribution in [2.45, 2.75) is 0 Å². The first-order valence-electron chi connectivity index (χ1n) is 4.11. The Bertz CT molecular complexity index is 554. The Morgan fingerprint density at radius 3 is 2.41 bits per heavy atom. The molecule has 0 aliphatic carbocycles. The highest BCUT2D eigenvalue weighted by molar-refractivity contribution is 9.11. The number of benzene rings is 1. The Labute approximate surface area is 125 Å². The monoisotopic (exact) mass is 393 g/mol. The van der Waals surface area contributed by atoms with Crippen molar-refractivity contribution in [1.29, 1.82) is 10.5 Å². The summed E-state index contributed by atoms with van der Waals surface area (Å²) in [4.78, 5) is 0. The van der Waals surface area contributed by atoms with Crippen LogP contribution >= 0.6 is 55.1 Å². The van der Waals surface area contributed by atoms with Gasteiger partial charge in [0.25, 0.3) is 0 Å². The van der Waals surface area contributed by atoms with Crippen LogP contribution in [0, 0.1) is 22.7 Å². The van der Waals surface area contributed by atoms with Gasteiger partial charge in [-0.1, -0.05) is 23.2 Å². The molecule has 0 heterocycles. The summed E-state index contributed by atoms with van der Waals surface area (Å²) >= 11 is 18.5. The summed E-state index contributed by atoms with van der Waals surface area (Å²) in [6.45, 7) is 0. The Kier molecular flexibility index (Phi) is 5.30. The van der Waals surface area contributed by atoms with Crippen LogP contribution in [-0.4, -0.2) is 0 Å². The van der Waals surface area contributed by atoms with Crippen molar-refractivity contribution >= 4 is 60.7 Å². The van der Waals surface area contributed by atoms with E-state index in [1.807, 2.05) is 0 Å².